The number of carbonyl (C=O) groups is 1. The van der Waals surface area contributed by atoms with Crippen molar-refractivity contribution in [2.24, 2.45) is 5.92 Å². The van der Waals surface area contributed by atoms with Gasteiger partial charge in [-0.15, -0.1) is 0 Å². The summed E-state index contributed by atoms with van der Waals surface area (Å²) in [4.78, 5) is 10.9. The first-order valence-corrected chi connectivity index (χ1v) is 5.06. The average Bonchev–Trinajstić information content (AvgIpc) is 2.39. The second-order valence-corrected chi connectivity index (χ2v) is 3.63. The molecule has 1 fully saturated rings. The molecular weight excluding hydrogens is 184 g/mol. The van der Waals surface area contributed by atoms with E-state index in [4.69, 9.17) is 4.74 Å². The predicted molar refractivity (Wildman–Crippen MR) is 50.8 cm³/mol. The first-order chi connectivity index (χ1) is 6.74. The number of hydrogen-bond donors (Lipinski definition) is 1. The maximum absolute atomic E-state index is 10.9. The summed E-state index contributed by atoms with van der Waals surface area (Å²) in [6.45, 7) is 1.30. The topological polar surface area (TPSA) is 55.8 Å². The third-order valence-corrected chi connectivity index (χ3v) is 2.68. The molecule has 1 N–H and O–H groups in total. The van der Waals surface area contributed by atoms with Crippen LogP contribution in [0.3, 0.4) is 0 Å². The molecule has 1 heterocycles. The van der Waals surface area contributed by atoms with Crippen molar-refractivity contribution in [3.63, 3.8) is 0 Å². The van der Waals surface area contributed by atoms with Crippen LogP contribution in [-0.2, 0) is 14.3 Å². The third-order valence-electron chi connectivity index (χ3n) is 2.68. The largest absolute Gasteiger partial charge is 0.469 e. The monoisotopic (exact) mass is 202 g/mol. The molecule has 0 aromatic heterocycles. The normalized spacial score (nSPS) is 28.1. The summed E-state index contributed by atoms with van der Waals surface area (Å²) in [5, 5.41) is 9.70. The molecule has 2 atom stereocenters. The van der Waals surface area contributed by atoms with Gasteiger partial charge in [-0.3, -0.25) is 4.79 Å². The van der Waals surface area contributed by atoms with E-state index in [1.807, 2.05) is 0 Å². The summed E-state index contributed by atoms with van der Waals surface area (Å²) in [6, 6.07) is 0. The highest BCUT2D eigenvalue weighted by atomic mass is 16.5. The van der Waals surface area contributed by atoms with Crippen molar-refractivity contribution in [2.45, 2.75) is 31.8 Å². The van der Waals surface area contributed by atoms with Gasteiger partial charge in [-0.1, -0.05) is 0 Å². The molecule has 0 aliphatic carbocycles. The van der Waals surface area contributed by atoms with Crippen molar-refractivity contribution in [2.75, 3.05) is 20.3 Å². The van der Waals surface area contributed by atoms with E-state index < -0.39 is 0 Å². The van der Waals surface area contributed by atoms with Crippen molar-refractivity contribution in [1.82, 2.24) is 0 Å². The number of aliphatic hydroxyl groups is 1. The molecule has 0 spiro atoms. The quantitative estimate of drug-likeness (QED) is 0.685. The average molecular weight is 202 g/mol. The minimum Gasteiger partial charge on any atom is -0.469 e. The molecule has 0 bridgehead atoms. The Bertz CT molecular complexity index is 181. The molecule has 4 nitrogen and oxygen atoms in total. The van der Waals surface area contributed by atoms with Gasteiger partial charge in [0.15, 0.2) is 0 Å². The van der Waals surface area contributed by atoms with E-state index in [1.165, 1.54) is 7.11 Å². The summed E-state index contributed by atoms with van der Waals surface area (Å²) in [5.41, 5.74) is 0. The van der Waals surface area contributed by atoms with Crippen LogP contribution in [0.4, 0.5) is 0 Å². The molecule has 1 rings (SSSR count). The fourth-order valence-electron chi connectivity index (χ4n) is 1.71. The van der Waals surface area contributed by atoms with Crippen LogP contribution in [0.15, 0.2) is 0 Å². The van der Waals surface area contributed by atoms with E-state index in [-0.39, 0.29) is 18.0 Å². The van der Waals surface area contributed by atoms with Gasteiger partial charge in [-0.05, 0) is 25.2 Å². The number of methoxy groups -OCH3 is 1. The summed E-state index contributed by atoms with van der Waals surface area (Å²) >= 11 is 0. The molecule has 1 aliphatic heterocycles. The molecule has 82 valence electrons. The molecule has 2 unspecified atom stereocenters. The number of aliphatic hydroxyl groups excluding tert-OH is 1. The fraction of sp³-hybridized carbons (Fsp3) is 0.900. The Balaban J connectivity index is 2.29. The summed E-state index contributed by atoms with van der Waals surface area (Å²) < 4.78 is 9.81. The molecule has 4 heteroatoms. The van der Waals surface area contributed by atoms with Gasteiger partial charge in [0, 0.05) is 19.6 Å². The molecule has 0 radical (unpaired) electrons. The van der Waals surface area contributed by atoms with Gasteiger partial charge in [0.25, 0.3) is 0 Å². The van der Waals surface area contributed by atoms with Crippen molar-refractivity contribution >= 4 is 5.97 Å². The minimum atomic E-state index is -0.331. The van der Waals surface area contributed by atoms with Crippen molar-refractivity contribution in [3.05, 3.63) is 0 Å². The first kappa shape index (κ1) is 11.5. The fourth-order valence-corrected chi connectivity index (χ4v) is 1.71. The number of ether oxygens (including phenoxy) is 2. The number of esters is 1. The van der Waals surface area contributed by atoms with Crippen LogP contribution in [0.25, 0.3) is 0 Å². The van der Waals surface area contributed by atoms with Crippen LogP contribution in [0.1, 0.15) is 25.7 Å². The number of rotatable bonds is 3. The Hall–Kier alpha value is -0.610. The smallest absolute Gasteiger partial charge is 0.305 e. The van der Waals surface area contributed by atoms with Gasteiger partial charge in [0.1, 0.15) is 0 Å². The summed E-state index contributed by atoms with van der Waals surface area (Å²) in [6.07, 6.45) is 2.25. The second kappa shape index (κ2) is 5.98. The maximum Gasteiger partial charge on any atom is 0.305 e. The van der Waals surface area contributed by atoms with Crippen molar-refractivity contribution in [3.8, 4) is 0 Å². The highest BCUT2D eigenvalue weighted by Gasteiger charge is 2.22. The Morgan fingerprint density at radius 2 is 2.21 bits per heavy atom. The van der Waals surface area contributed by atoms with Crippen molar-refractivity contribution in [1.29, 1.82) is 0 Å². The Labute approximate surface area is 84.2 Å². The molecule has 0 amide bonds. The Kier molecular flexibility index (Phi) is 4.90. The van der Waals surface area contributed by atoms with E-state index >= 15 is 0 Å². The summed E-state index contributed by atoms with van der Waals surface area (Å²) in [5.74, 6) is -0.0287. The molecule has 14 heavy (non-hydrogen) atoms. The molecule has 0 saturated carbocycles. The van der Waals surface area contributed by atoms with Gasteiger partial charge in [0.2, 0.25) is 0 Å². The minimum absolute atomic E-state index is 0.177. The van der Waals surface area contributed by atoms with Crippen LogP contribution in [0, 0.1) is 5.92 Å². The molecule has 1 aliphatic rings. The van der Waals surface area contributed by atoms with E-state index in [0.29, 0.717) is 32.5 Å². The Morgan fingerprint density at radius 1 is 1.50 bits per heavy atom. The van der Waals surface area contributed by atoms with Crippen LogP contribution in [0.2, 0.25) is 0 Å². The lowest BCUT2D eigenvalue weighted by Gasteiger charge is -2.18. The lowest BCUT2D eigenvalue weighted by Crippen LogP contribution is -2.21. The molecule has 0 aromatic carbocycles. The van der Waals surface area contributed by atoms with E-state index in [0.717, 1.165) is 6.42 Å². The number of carbonyl (C=O) groups excluding carboxylic acids is 1. The highest BCUT2D eigenvalue weighted by Crippen LogP contribution is 2.21. The van der Waals surface area contributed by atoms with Crippen molar-refractivity contribution < 1.29 is 19.4 Å². The predicted octanol–water partition coefficient (Wildman–Crippen LogP) is 0.727. The highest BCUT2D eigenvalue weighted by molar-refractivity contribution is 5.69. The van der Waals surface area contributed by atoms with Gasteiger partial charge in [-0.2, -0.15) is 0 Å². The van der Waals surface area contributed by atoms with Gasteiger partial charge >= 0.3 is 5.97 Å². The van der Waals surface area contributed by atoms with E-state index in [2.05, 4.69) is 4.74 Å². The van der Waals surface area contributed by atoms with E-state index in [9.17, 15) is 9.90 Å². The molecular formula is C10H18O4. The zero-order valence-corrected chi connectivity index (χ0v) is 8.57. The lowest BCUT2D eigenvalue weighted by molar-refractivity contribution is -0.141. The first-order valence-electron chi connectivity index (χ1n) is 5.06. The zero-order chi connectivity index (χ0) is 10.4. The molecule has 1 saturated heterocycles. The standard InChI is InChI=1S/C10H18O4/c1-13-10(12)3-2-8-4-6-14-7-5-9(8)11/h8-9,11H,2-7H2,1H3. The SMILES string of the molecule is COC(=O)CCC1CCOCCC1O. The maximum atomic E-state index is 10.9. The lowest BCUT2D eigenvalue weighted by atomic mass is 9.92. The van der Waals surface area contributed by atoms with E-state index in [1.54, 1.807) is 0 Å². The van der Waals surface area contributed by atoms with Crippen LogP contribution in [0.5, 0.6) is 0 Å². The molecule has 0 aromatic rings. The third kappa shape index (κ3) is 3.64. The van der Waals surface area contributed by atoms with Gasteiger partial charge in [0.05, 0.1) is 13.2 Å². The van der Waals surface area contributed by atoms with Crippen LogP contribution < -0.4 is 0 Å². The summed E-state index contributed by atoms with van der Waals surface area (Å²) in [7, 11) is 1.38. The number of hydrogen-bond acceptors (Lipinski definition) is 4. The zero-order valence-electron chi connectivity index (χ0n) is 8.57. The van der Waals surface area contributed by atoms with Crippen LogP contribution >= 0.6 is 0 Å². The Morgan fingerprint density at radius 3 is 2.93 bits per heavy atom. The van der Waals surface area contributed by atoms with Gasteiger partial charge in [-0.25, -0.2) is 0 Å². The van der Waals surface area contributed by atoms with Gasteiger partial charge < -0.3 is 14.6 Å². The van der Waals surface area contributed by atoms with Crippen LogP contribution in [-0.4, -0.2) is 37.5 Å². The second-order valence-electron chi connectivity index (χ2n) is 3.63.